The fraction of sp³-hybridized carbons (Fsp3) is 0.632. The van der Waals surface area contributed by atoms with Crippen molar-refractivity contribution in [3.8, 4) is 5.75 Å². The second-order valence-corrected chi connectivity index (χ2v) is 9.82. The van der Waals surface area contributed by atoms with Crippen molar-refractivity contribution in [2.45, 2.75) is 45.4 Å². The molecule has 1 aliphatic rings. The zero-order valence-corrected chi connectivity index (χ0v) is 16.9. The lowest BCUT2D eigenvalue weighted by Crippen LogP contribution is -2.46. The molecule has 6 nitrogen and oxygen atoms in total. The van der Waals surface area contributed by atoms with Gasteiger partial charge in [0, 0.05) is 19.6 Å². The Hall–Kier alpha value is -1.60. The van der Waals surface area contributed by atoms with Gasteiger partial charge in [-0.05, 0) is 49.4 Å². The summed E-state index contributed by atoms with van der Waals surface area (Å²) in [6.07, 6.45) is 1.40. The van der Waals surface area contributed by atoms with Gasteiger partial charge >= 0.3 is 0 Å². The van der Waals surface area contributed by atoms with E-state index in [-0.39, 0.29) is 28.7 Å². The normalized spacial score (nSPS) is 19.2. The van der Waals surface area contributed by atoms with Crippen LogP contribution < -0.4 is 10.1 Å². The van der Waals surface area contributed by atoms with Crippen molar-refractivity contribution < 1.29 is 17.9 Å². The summed E-state index contributed by atoms with van der Waals surface area (Å²) in [5, 5.41) is 2.95. The third-order valence-corrected chi connectivity index (χ3v) is 6.20. The van der Waals surface area contributed by atoms with Crippen LogP contribution in [-0.2, 0) is 14.8 Å². The summed E-state index contributed by atoms with van der Waals surface area (Å²) >= 11 is 0. The number of carbonyl (C=O) groups excluding carboxylic acids is 1. The number of rotatable bonds is 6. The first-order chi connectivity index (χ1) is 12.1. The summed E-state index contributed by atoms with van der Waals surface area (Å²) in [5.41, 5.74) is -0.00159. The maximum absolute atomic E-state index is 12.9. The third-order valence-electron chi connectivity index (χ3n) is 4.32. The highest BCUT2D eigenvalue weighted by atomic mass is 32.2. The molecular formula is C19H30N2O4S. The Labute approximate surface area is 157 Å². The van der Waals surface area contributed by atoms with Gasteiger partial charge in [0.2, 0.25) is 15.9 Å². The Morgan fingerprint density at radius 3 is 2.50 bits per heavy atom. The van der Waals surface area contributed by atoms with Gasteiger partial charge in [-0.1, -0.05) is 20.8 Å². The molecular weight excluding hydrogens is 352 g/mol. The molecule has 0 saturated carbocycles. The van der Waals surface area contributed by atoms with Crippen LogP contribution in [0.25, 0.3) is 0 Å². The standard InChI is InChI=1S/C19H30N2O4S/c1-5-25-16-8-10-17(11-9-16)26(23,24)21-12-6-7-15(13-21)18(22)20-14-19(2,3)4/h8-11,15H,5-7,12-14H2,1-4H3,(H,20,22). The summed E-state index contributed by atoms with van der Waals surface area (Å²) < 4.78 is 32.6. The van der Waals surface area contributed by atoms with E-state index in [0.717, 1.165) is 0 Å². The molecule has 1 amide bonds. The number of piperidine rings is 1. The third kappa shape index (κ3) is 5.45. The van der Waals surface area contributed by atoms with Gasteiger partial charge in [0.05, 0.1) is 17.4 Å². The summed E-state index contributed by atoms with van der Waals surface area (Å²) in [7, 11) is -3.61. The molecule has 1 aromatic carbocycles. The lowest BCUT2D eigenvalue weighted by molar-refractivity contribution is -0.126. The number of amides is 1. The van der Waals surface area contributed by atoms with Gasteiger partial charge < -0.3 is 10.1 Å². The van der Waals surface area contributed by atoms with Crippen molar-refractivity contribution in [2.75, 3.05) is 26.2 Å². The van der Waals surface area contributed by atoms with E-state index < -0.39 is 10.0 Å². The molecule has 146 valence electrons. The molecule has 1 N–H and O–H groups in total. The van der Waals surface area contributed by atoms with Crippen LogP contribution in [0, 0.1) is 11.3 Å². The van der Waals surface area contributed by atoms with Crippen LogP contribution >= 0.6 is 0 Å². The number of hydrogen-bond acceptors (Lipinski definition) is 4. The number of sulfonamides is 1. The van der Waals surface area contributed by atoms with Crippen molar-refractivity contribution >= 4 is 15.9 Å². The average Bonchev–Trinajstić information content (AvgIpc) is 2.60. The molecule has 26 heavy (non-hydrogen) atoms. The molecule has 2 rings (SSSR count). The van der Waals surface area contributed by atoms with E-state index in [1.54, 1.807) is 24.3 Å². The van der Waals surface area contributed by atoms with E-state index in [1.807, 2.05) is 6.92 Å². The van der Waals surface area contributed by atoms with Crippen LogP contribution in [0.1, 0.15) is 40.5 Å². The molecule has 0 spiro atoms. The van der Waals surface area contributed by atoms with Crippen LogP contribution in [0.2, 0.25) is 0 Å². The van der Waals surface area contributed by atoms with Crippen molar-refractivity contribution in [1.82, 2.24) is 9.62 Å². The smallest absolute Gasteiger partial charge is 0.243 e. The minimum absolute atomic E-state index is 0.00159. The quantitative estimate of drug-likeness (QED) is 0.821. The maximum atomic E-state index is 12.9. The first kappa shape index (κ1) is 20.7. The van der Waals surface area contributed by atoms with Crippen molar-refractivity contribution in [3.05, 3.63) is 24.3 Å². The van der Waals surface area contributed by atoms with Gasteiger partial charge in [-0.25, -0.2) is 8.42 Å². The largest absolute Gasteiger partial charge is 0.494 e. The van der Waals surface area contributed by atoms with Crippen molar-refractivity contribution in [1.29, 1.82) is 0 Å². The summed E-state index contributed by atoms with van der Waals surface area (Å²) in [4.78, 5) is 12.7. The van der Waals surface area contributed by atoms with Crippen LogP contribution in [0.5, 0.6) is 5.75 Å². The zero-order valence-electron chi connectivity index (χ0n) is 16.1. The van der Waals surface area contributed by atoms with Crippen LogP contribution in [0.4, 0.5) is 0 Å². The number of hydrogen-bond donors (Lipinski definition) is 1. The van der Waals surface area contributed by atoms with E-state index in [1.165, 1.54) is 4.31 Å². The predicted octanol–water partition coefficient (Wildman–Crippen LogP) is 2.65. The predicted molar refractivity (Wildman–Crippen MR) is 102 cm³/mol. The molecule has 0 bridgehead atoms. The summed E-state index contributed by atoms with van der Waals surface area (Å²) in [6.45, 7) is 9.81. The molecule has 1 fully saturated rings. The number of ether oxygens (including phenoxy) is 1. The number of nitrogens with one attached hydrogen (secondary N) is 1. The Balaban J connectivity index is 2.06. The van der Waals surface area contributed by atoms with Crippen LogP contribution in [-0.4, -0.2) is 44.9 Å². The van der Waals surface area contributed by atoms with E-state index in [0.29, 0.717) is 38.3 Å². The molecule has 7 heteroatoms. The topological polar surface area (TPSA) is 75.7 Å². The second kappa shape index (κ2) is 8.39. The lowest BCUT2D eigenvalue weighted by Gasteiger charge is -2.32. The monoisotopic (exact) mass is 382 g/mol. The zero-order chi connectivity index (χ0) is 19.4. The molecule has 1 aromatic rings. The SMILES string of the molecule is CCOc1ccc(S(=O)(=O)N2CCCC(C(=O)NCC(C)(C)C)C2)cc1. The molecule has 0 radical (unpaired) electrons. The number of benzene rings is 1. The van der Waals surface area contributed by atoms with Gasteiger partial charge in [-0.15, -0.1) is 0 Å². The van der Waals surface area contributed by atoms with Gasteiger partial charge in [-0.3, -0.25) is 4.79 Å². The van der Waals surface area contributed by atoms with Crippen molar-refractivity contribution in [2.24, 2.45) is 11.3 Å². The Morgan fingerprint density at radius 2 is 1.92 bits per heavy atom. The van der Waals surface area contributed by atoms with Crippen LogP contribution in [0.3, 0.4) is 0 Å². The highest BCUT2D eigenvalue weighted by Crippen LogP contribution is 2.25. The Bertz CT molecular complexity index is 708. The molecule has 1 heterocycles. The van der Waals surface area contributed by atoms with E-state index in [9.17, 15) is 13.2 Å². The molecule has 1 unspecified atom stereocenters. The van der Waals surface area contributed by atoms with E-state index in [2.05, 4.69) is 26.1 Å². The molecule has 0 aromatic heterocycles. The molecule has 1 saturated heterocycles. The maximum Gasteiger partial charge on any atom is 0.243 e. The second-order valence-electron chi connectivity index (χ2n) is 7.89. The molecule has 1 atom stereocenters. The molecule has 0 aliphatic carbocycles. The number of carbonyl (C=O) groups is 1. The van der Waals surface area contributed by atoms with Crippen LogP contribution in [0.15, 0.2) is 29.2 Å². The molecule has 1 aliphatic heterocycles. The van der Waals surface area contributed by atoms with Gasteiger partial charge in [0.25, 0.3) is 0 Å². The minimum atomic E-state index is -3.61. The number of nitrogens with zero attached hydrogens (tertiary/aromatic N) is 1. The fourth-order valence-electron chi connectivity index (χ4n) is 2.89. The van der Waals surface area contributed by atoms with Gasteiger partial charge in [0.1, 0.15) is 5.75 Å². The Kier molecular flexibility index (Phi) is 6.69. The Morgan fingerprint density at radius 1 is 1.27 bits per heavy atom. The van der Waals surface area contributed by atoms with Gasteiger partial charge in [0.15, 0.2) is 0 Å². The highest BCUT2D eigenvalue weighted by molar-refractivity contribution is 7.89. The minimum Gasteiger partial charge on any atom is -0.494 e. The van der Waals surface area contributed by atoms with E-state index >= 15 is 0 Å². The average molecular weight is 383 g/mol. The van der Waals surface area contributed by atoms with Gasteiger partial charge in [-0.2, -0.15) is 4.31 Å². The summed E-state index contributed by atoms with van der Waals surface area (Å²) in [6, 6.07) is 6.44. The van der Waals surface area contributed by atoms with E-state index in [4.69, 9.17) is 4.74 Å². The first-order valence-corrected chi connectivity index (χ1v) is 10.6. The fourth-order valence-corrected chi connectivity index (χ4v) is 4.42. The lowest BCUT2D eigenvalue weighted by atomic mass is 9.95. The highest BCUT2D eigenvalue weighted by Gasteiger charge is 2.33. The van der Waals surface area contributed by atoms with Crippen molar-refractivity contribution in [3.63, 3.8) is 0 Å². The summed E-state index contributed by atoms with van der Waals surface area (Å²) in [5.74, 6) is 0.277. The first-order valence-electron chi connectivity index (χ1n) is 9.14.